The lowest BCUT2D eigenvalue weighted by atomic mass is 10.0. The molecule has 1 rings (SSSR count). The third kappa shape index (κ3) is 1.83. The molecule has 0 radical (unpaired) electrons. The monoisotopic (exact) mass is 186 g/mol. The Morgan fingerprint density at radius 2 is 2.33 bits per heavy atom. The van der Waals surface area contributed by atoms with E-state index in [4.69, 9.17) is 10.5 Å². The Labute approximate surface area is 76.6 Å². The molecule has 68 valence electrons. The molecule has 1 aromatic rings. The zero-order chi connectivity index (χ0) is 9.19. The highest BCUT2D eigenvalue weighted by Gasteiger charge is 2.28. The van der Waals surface area contributed by atoms with Gasteiger partial charge < -0.3 is 10.5 Å². The SMILES string of the molecule is COC(C)(C)C(N)c1nccs1. The first-order chi connectivity index (χ1) is 5.58. The minimum absolute atomic E-state index is 0.150. The van der Waals surface area contributed by atoms with Crippen LogP contribution in [-0.2, 0) is 4.74 Å². The number of hydrogen-bond acceptors (Lipinski definition) is 4. The number of thiazole rings is 1. The lowest BCUT2D eigenvalue weighted by Gasteiger charge is -2.28. The molecule has 0 saturated carbocycles. The molecule has 0 spiro atoms. The molecule has 1 atom stereocenters. The van der Waals surface area contributed by atoms with E-state index in [1.165, 1.54) is 0 Å². The van der Waals surface area contributed by atoms with Crippen molar-refractivity contribution in [3.63, 3.8) is 0 Å². The molecule has 0 aliphatic rings. The van der Waals surface area contributed by atoms with Gasteiger partial charge in [0, 0.05) is 18.7 Å². The Kier molecular flexibility index (Phi) is 2.82. The van der Waals surface area contributed by atoms with Gasteiger partial charge >= 0.3 is 0 Å². The second-order valence-corrected chi connectivity index (χ2v) is 4.08. The third-order valence-electron chi connectivity index (χ3n) is 1.99. The Morgan fingerprint density at radius 1 is 1.67 bits per heavy atom. The summed E-state index contributed by atoms with van der Waals surface area (Å²) in [5.41, 5.74) is 5.60. The summed E-state index contributed by atoms with van der Waals surface area (Å²) in [4.78, 5) is 4.14. The molecule has 0 bridgehead atoms. The van der Waals surface area contributed by atoms with Crippen molar-refractivity contribution in [1.29, 1.82) is 0 Å². The van der Waals surface area contributed by atoms with Crippen LogP contribution in [0.5, 0.6) is 0 Å². The molecule has 1 heterocycles. The molecular formula is C8H14N2OS. The van der Waals surface area contributed by atoms with Crippen molar-refractivity contribution in [1.82, 2.24) is 4.98 Å². The third-order valence-corrected chi connectivity index (χ3v) is 2.85. The van der Waals surface area contributed by atoms with Gasteiger partial charge in [-0.3, -0.25) is 0 Å². The molecule has 12 heavy (non-hydrogen) atoms. The van der Waals surface area contributed by atoms with E-state index in [0.717, 1.165) is 5.01 Å². The number of nitrogens with zero attached hydrogens (tertiary/aromatic N) is 1. The largest absolute Gasteiger partial charge is 0.377 e. The second kappa shape index (κ2) is 3.51. The maximum absolute atomic E-state index is 5.95. The molecule has 1 aromatic heterocycles. The highest BCUT2D eigenvalue weighted by Crippen LogP contribution is 2.26. The first-order valence-electron chi connectivity index (χ1n) is 3.78. The lowest BCUT2D eigenvalue weighted by Crippen LogP contribution is -2.37. The summed E-state index contributed by atoms with van der Waals surface area (Å²) in [6.07, 6.45) is 1.76. The number of rotatable bonds is 3. The molecule has 4 heteroatoms. The highest BCUT2D eigenvalue weighted by molar-refractivity contribution is 7.09. The van der Waals surface area contributed by atoms with Crippen LogP contribution >= 0.6 is 11.3 Å². The molecule has 0 aliphatic heterocycles. The number of ether oxygens (including phenoxy) is 1. The van der Waals surface area contributed by atoms with Gasteiger partial charge in [-0.05, 0) is 13.8 Å². The lowest BCUT2D eigenvalue weighted by molar-refractivity contribution is -0.0000762. The molecule has 2 N–H and O–H groups in total. The van der Waals surface area contributed by atoms with Gasteiger partial charge in [0.1, 0.15) is 5.01 Å². The molecule has 1 unspecified atom stereocenters. The van der Waals surface area contributed by atoms with Gasteiger partial charge in [0.05, 0.1) is 11.6 Å². The van der Waals surface area contributed by atoms with E-state index < -0.39 is 0 Å². The zero-order valence-corrected chi connectivity index (χ0v) is 8.39. The Morgan fingerprint density at radius 3 is 2.75 bits per heavy atom. The van der Waals surface area contributed by atoms with Crippen molar-refractivity contribution in [2.45, 2.75) is 25.5 Å². The summed E-state index contributed by atoms with van der Waals surface area (Å²) >= 11 is 1.56. The van der Waals surface area contributed by atoms with Crippen LogP contribution in [0, 0.1) is 0 Å². The minimum Gasteiger partial charge on any atom is -0.377 e. The molecule has 0 aromatic carbocycles. The Balaban J connectivity index is 2.78. The summed E-state index contributed by atoms with van der Waals surface area (Å²) in [5, 5.41) is 2.84. The van der Waals surface area contributed by atoms with Crippen LogP contribution < -0.4 is 5.73 Å². The van der Waals surface area contributed by atoms with E-state index in [1.807, 2.05) is 19.2 Å². The van der Waals surface area contributed by atoms with E-state index in [-0.39, 0.29) is 11.6 Å². The molecule has 0 aliphatic carbocycles. The van der Waals surface area contributed by atoms with Crippen molar-refractivity contribution in [3.8, 4) is 0 Å². The first-order valence-corrected chi connectivity index (χ1v) is 4.66. The van der Waals surface area contributed by atoms with Crippen LogP contribution in [0.25, 0.3) is 0 Å². The second-order valence-electron chi connectivity index (χ2n) is 3.16. The standard InChI is InChI=1S/C8H14N2OS/c1-8(2,11-3)6(9)7-10-4-5-12-7/h4-6H,9H2,1-3H3. The molecule has 0 amide bonds. The minimum atomic E-state index is -0.349. The van der Waals surface area contributed by atoms with Gasteiger partial charge in [-0.15, -0.1) is 11.3 Å². The van der Waals surface area contributed by atoms with Crippen LogP contribution in [0.4, 0.5) is 0 Å². The molecule has 0 saturated heterocycles. The van der Waals surface area contributed by atoms with Crippen LogP contribution in [0.3, 0.4) is 0 Å². The van der Waals surface area contributed by atoms with Gasteiger partial charge in [0.2, 0.25) is 0 Å². The van der Waals surface area contributed by atoms with Crippen LogP contribution in [0.1, 0.15) is 24.9 Å². The Bertz CT molecular complexity index is 233. The van der Waals surface area contributed by atoms with E-state index in [1.54, 1.807) is 24.6 Å². The summed E-state index contributed by atoms with van der Waals surface area (Å²) in [6.45, 7) is 3.91. The highest BCUT2D eigenvalue weighted by atomic mass is 32.1. The molecular weight excluding hydrogens is 172 g/mol. The zero-order valence-electron chi connectivity index (χ0n) is 7.57. The van der Waals surface area contributed by atoms with Crippen molar-refractivity contribution in [2.75, 3.05) is 7.11 Å². The van der Waals surface area contributed by atoms with Gasteiger partial charge in [0.25, 0.3) is 0 Å². The van der Waals surface area contributed by atoms with E-state index >= 15 is 0 Å². The summed E-state index contributed by atoms with van der Waals surface area (Å²) in [6, 6.07) is -0.150. The Hall–Kier alpha value is -0.450. The average Bonchev–Trinajstić information content (AvgIpc) is 2.55. The topological polar surface area (TPSA) is 48.1 Å². The maximum atomic E-state index is 5.95. The number of nitrogens with two attached hydrogens (primary N) is 1. The molecule has 0 fully saturated rings. The average molecular weight is 186 g/mol. The predicted molar refractivity (Wildman–Crippen MR) is 50.1 cm³/mol. The number of aromatic nitrogens is 1. The van der Waals surface area contributed by atoms with Crippen LogP contribution in [-0.4, -0.2) is 17.7 Å². The summed E-state index contributed by atoms with van der Waals surface area (Å²) < 4.78 is 5.26. The van der Waals surface area contributed by atoms with E-state index in [2.05, 4.69) is 4.98 Å². The van der Waals surface area contributed by atoms with Crippen molar-refractivity contribution in [3.05, 3.63) is 16.6 Å². The normalized spacial score (nSPS) is 14.7. The quantitative estimate of drug-likeness (QED) is 0.779. The van der Waals surface area contributed by atoms with E-state index in [9.17, 15) is 0 Å². The van der Waals surface area contributed by atoms with Crippen molar-refractivity contribution >= 4 is 11.3 Å². The fraction of sp³-hybridized carbons (Fsp3) is 0.625. The van der Waals surface area contributed by atoms with Gasteiger partial charge in [0.15, 0.2) is 0 Å². The maximum Gasteiger partial charge on any atom is 0.112 e. The summed E-state index contributed by atoms with van der Waals surface area (Å²) in [5.74, 6) is 0. The fourth-order valence-electron chi connectivity index (χ4n) is 0.812. The summed E-state index contributed by atoms with van der Waals surface area (Å²) in [7, 11) is 1.66. The van der Waals surface area contributed by atoms with Crippen LogP contribution in [0.2, 0.25) is 0 Å². The van der Waals surface area contributed by atoms with E-state index in [0.29, 0.717) is 0 Å². The van der Waals surface area contributed by atoms with Crippen molar-refractivity contribution in [2.24, 2.45) is 5.73 Å². The fourth-order valence-corrected chi connectivity index (χ4v) is 1.63. The van der Waals surface area contributed by atoms with Gasteiger partial charge in [-0.1, -0.05) is 0 Å². The van der Waals surface area contributed by atoms with Gasteiger partial charge in [-0.2, -0.15) is 0 Å². The first kappa shape index (κ1) is 9.64. The number of methoxy groups -OCH3 is 1. The van der Waals surface area contributed by atoms with Crippen molar-refractivity contribution < 1.29 is 4.74 Å². The number of hydrogen-bond donors (Lipinski definition) is 1. The van der Waals surface area contributed by atoms with Crippen LogP contribution in [0.15, 0.2) is 11.6 Å². The predicted octanol–water partition coefficient (Wildman–Crippen LogP) is 1.57. The smallest absolute Gasteiger partial charge is 0.112 e. The molecule has 3 nitrogen and oxygen atoms in total. The van der Waals surface area contributed by atoms with Gasteiger partial charge in [-0.25, -0.2) is 4.98 Å².